The first-order valence-corrected chi connectivity index (χ1v) is 12.3. The maximum Gasteiger partial charge on any atom is 0.249 e. The van der Waals surface area contributed by atoms with E-state index in [1.54, 1.807) is 16.4 Å². The molecule has 2 aromatic carbocycles. The topological polar surface area (TPSA) is 93.0 Å². The summed E-state index contributed by atoms with van der Waals surface area (Å²) in [5.41, 5.74) is 3.40. The molecule has 0 saturated carbocycles. The van der Waals surface area contributed by atoms with Gasteiger partial charge >= 0.3 is 0 Å². The van der Waals surface area contributed by atoms with Crippen LogP contribution in [0.5, 0.6) is 0 Å². The molecule has 2 aliphatic rings. The van der Waals surface area contributed by atoms with Crippen LogP contribution in [0, 0.1) is 5.92 Å². The van der Waals surface area contributed by atoms with Crippen molar-refractivity contribution in [3.05, 3.63) is 66.0 Å². The van der Waals surface area contributed by atoms with E-state index in [1.165, 1.54) is 5.56 Å². The Kier molecular flexibility index (Phi) is 5.67. The van der Waals surface area contributed by atoms with E-state index in [0.717, 1.165) is 11.1 Å². The van der Waals surface area contributed by atoms with Gasteiger partial charge in [0.1, 0.15) is 17.5 Å². The van der Waals surface area contributed by atoms with Crippen molar-refractivity contribution in [1.29, 1.82) is 0 Å². The molecule has 1 aromatic heterocycles. The number of β-lactam (4-membered cyclic amide) rings is 1. The quantitative estimate of drug-likeness (QED) is 0.549. The summed E-state index contributed by atoms with van der Waals surface area (Å²) >= 11 is 1.69. The fraction of sp³-hybridized carbons (Fsp3) is 0.400. The monoisotopic (exact) mass is 476 g/mol. The first-order chi connectivity index (χ1) is 16.3. The Morgan fingerprint density at radius 3 is 2.44 bits per heavy atom. The van der Waals surface area contributed by atoms with E-state index >= 15 is 0 Å². The Morgan fingerprint density at radius 1 is 1.09 bits per heavy atom. The van der Waals surface area contributed by atoms with Crippen LogP contribution in [0.25, 0.3) is 11.1 Å². The average Bonchev–Trinajstić information content (AvgIpc) is 3.37. The van der Waals surface area contributed by atoms with Crippen LogP contribution in [0.1, 0.15) is 45.1 Å². The SMILES string of the molecule is CC(C)C(=O)NC1C(=O)N2C(c3nnnn3Cc3ccc(-c4ccccc4)cc3)C(C)(C)S[C@@H]12. The van der Waals surface area contributed by atoms with Crippen molar-refractivity contribution >= 4 is 23.6 Å². The van der Waals surface area contributed by atoms with Crippen molar-refractivity contribution in [1.82, 2.24) is 30.4 Å². The van der Waals surface area contributed by atoms with E-state index < -0.39 is 6.04 Å². The molecule has 1 N–H and O–H groups in total. The van der Waals surface area contributed by atoms with Gasteiger partial charge in [-0.25, -0.2) is 4.68 Å². The number of aromatic nitrogens is 4. The third-order valence-electron chi connectivity index (χ3n) is 6.46. The van der Waals surface area contributed by atoms with E-state index in [9.17, 15) is 9.59 Å². The molecule has 3 atom stereocenters. The molecule has 2 amide bonds. The van der Waals surface area contributed by atoms with Gasteiger partial charge in [-0.15, -0.1) is 16.9 Å². The van der Waals surface area contributed by atoms with Crippen molar-refractivity contribution in [3.8, 4) is 11.1 Å². The molecule has 2 saturated heterocycles. The average molecular weight is 477 g/mol. The number of hydrogen-bond acceptors (Lipinski definition) is 6. The summed E-state index contributed by atoms with van der Waals surface area (Å²) in [5.74, 6) is 0.305. The Morgan fingerprint density at radius 2 is 1.76 bits per heavy atom. The molecule has 9 heteroatoms. The molecule has 2 unspecified atom stereocenters. The molecular formula is C25H28N6O2S. The Balaban J connectivity index is 1.36. The zero-order chi connectivity index (χ0) is 24.0. The second kappa shape index (κ2) is 8.54. The van der Waals surface area contributed by atoms with Gasteiger partial charge in [0.05, 0.1) is 6.54 Å². The molecule has 3 heterocycles. The van der Waals surface area contributed by atoms with Crippen LogP contribution in [-0.2, 0) is 16.1 Å². The lowest BCUT2D eigenvalue weighted by Crippen LogP contribution is -2.68. The number of hydrogen-bond donors (Lipinski definition) is 1. The first kappa shape index (κ1) is 22.6. The molecule has 34 heavy (non-hydrogen) atoms. The Hall–Kier alpha value is -3.20. The van der Waals surface area contributed by atoms with Gasteiger partial charge in [0.25, 0.3) is 0 Å². The number of rotatable bonds is 6. The maximum atomic E-state index is 13.1. The number of benzene rings is 2. The van der Waals surface area contributed by atoms with Gasteiger partial charge in [-0.05, 0) is 41.0 Å². The fourth-order valence-electron chi connectivity index (χ4n) is 4.61. The number of thioether (sulfide) groups is 1. The number of nitrogens with zero attached hydrogens (tertiary/aromatic N) is 5. The number of tetrazole rings is 1. The lowest BCUT2D eigenvalue weighted by atomic mass is 9.95. The van der Waals surface area contributed by atoms with Crippen LogP contribution < -0.4 is 5.32 Å². The molecule has 0 aliphatic carbocycles. The van der Waals surface area contributed by atoms with Crippen LogP contribution >= 0.6 is 11.8 Å². The van der Waals surface area contributed by atoms with Gasteiger partial charge in [-0.1, -0.05) is 68.4 Å². The van der Waals surface area contributed by atoms with Crippen molar-refractivity contribution in [2.45, 2.75) is 56.4 Å². The van der Waals surface area contributed by atoms with Crippen LogP contribution in [0.2, 0.25) is 0 Å². The molecule has 0 radical (unpaired) electrons. The second-order valence-corrected chi connectivity index (χ2v) is 11.4. The van der Waals surface area contributed by atoms with E-state index in [2.05, 4.69) is 71.1 Å². The number of carbonyl (C=O) groups excluding carboxylic acids is 2. The van der Waals surface area contributed by atoms with Gasteiger partial charge in [-0.3, -0.25) is 9.59 Å². The van der Waals surface area contributed by atoms with E-state index in [1.807, 2.05) is 36.9 Å². The minimum atomic E-state index is -0.501. The highest BCUT2D eigenvalue weighted by atomic mass is 32.2. The third kappa shape index (κ3) is 3.87. The van der Waals surface area contributed by atoms with Gasteiger partial charge < -0.3 is 10.2 Å². The molecule has 176 valence electrons. The molecule has 3 aromatic rings. The van der Waals surface area contributed by atoms with Crippen molar-refractivity contribution in [3.63, 3.8) is 0 Å². The summed E-state index contributed by atoms with van der Waals surface area (Å²) in [6.45, 7) is 8.36. The second-order valence-electron chi connectivity index (χ2n) is 9.66. The lowest BCUT2D eigenvalue weighted by Gasteiger charge is -2.44. The summed E-state index contributed by atoms with van der Waals surface area (Å²) in [5, 5.41) is 15.3. The standard InChI is InChI=1S/C25H28N6O2S/c1-15(2)22(32)26-19-23(33)31-20(25(3,4)34-24(19)31)21-27-28-29-30(21)14-16-10-12-18(13-11-16)17-8-6-5-7-9-17/h5-13,15,19-20,24H,14H2,1-4H3,(H,26,32)/t19?,20?,24-/m0/s1. The summed E-state index contributed by atoms with van der Waals surface area (Å²) in [6, 6.07) is 17.8. The van der Waals surface area contributed by atoms with Crippen molar-refractivity contribution in [2.24, 2.45) is 5.92 Å². The summed E-state index contributed by atoms with van der Waals surface area (Å²) in [7, 11) is 0. The maximum absolute atomic E-state index is 13.1. The number of nitrogens with one attached hydrogen (secondary N) is 1. The Labute approximate surface area is 203 Å². The largest absolute Gasteiger partial charge is 0.342 e. The van der Waals surface area contributed by atoms with Crippen LogP contribution in [0.4, 0.5) is 0 Å². The van der Waals surface area contributed by atoms with Gasteiger partial charge in [0.2, 0.25) is 11.8 Å². The highest BCUT2D eigenvalue weighted by Crippen LogP contribution is 2.56. The van der Waals surface area contributed by atoms with Crippen LogP contribution in [0.3, 0.4) is 0 Å². The molecule has 0 bridgehead atoms. The molecule has 2 aliphatic heterocycles. The minimum absolute atomic E-state index is 0.0798. The zero-order valence-corrected chi connectivity index (χ0v) is 20.5. The Bertz CT molecular complexity index is 1210. The molecular weight excluding hydrogens is 448 g/mol. The normalized spacial score (nSPS) is 23.0. The van der Waals surface area contributed by atoms with Gasteiger partial charge in [-0.2, -0.15) is 0 Å². The summed E-state index contributed by atoms with van der Waals surface area (Å²) < 4.78 is 1.47. The number of fused-ring (bicyclic) bond motifs is 1. The van der Waals surface area contributed by atoms with Crippen LogP contribution in [0.15, 0.2) is 54.6 Å². The van der Waals surface area contributed by atoms with Crippen molar-refractivity contribution < 1.29 is 9.59 Å². The highest BCUT2D eigenvalue weighted by Gasteiger charge is 2.63. The third-order valence-corrected chi connectivity index (χ3v) is 8.03. The predicted molar refractivity (Wildman–Crippen MR) is 131 cm³/mol. The molecule has 0 spiro atoms. The number of amides is 2. The van der Waals surface area contributed by atoms with Gasteiger partial charge in [0.15, 0.2) is 5.82 Å². The molecule has 2 fully saturated rings. The summed E-state index contributed by atoms with van der Waals surface area (Å²) in [6.07, 6.45) is 0. The minimum Gasteiger partial charge on any atom is -0.342 e. The number of carbonyl (C=O) groups is 2. The van der Waals surface area contributed by atoms with E-state index in [0.29, 0.717) is 12.4 Å². The smallest absolute Gasteiger partial charge is 0.249 e. The van der Waals surface area contributed by atoms with E-state index in [-0.39, 0.29) is 33.9 Å². The summed E-state index contributed by atoms with van der Waals surface area (Å²) in [4.78, 5) is 27.1. The highest BCUT2D eigenvalue weighted by molar-refractivity contribution is 8.01. The molecule has 8 nitrogen and oxygen atoms in total. The predicted octanol–water partition coefficient (Wildman–Crippen LogP) is 3.26. The van der Waals surface area contributed by atoms with Crippen LogP contribution in [-0.4, -0.2) is 53.1 Å². The van der Waals surface area contributed by atoms with Crippen molar-refractivity contribution in [2.75, 3.05) is 0 Å². The zero-order valence-electron chi connectivity index (χ0n) is 19.7. The van der Waals surface area contributed by atoms with Gasteiger partial charge in [0, 0.05) is 10.7 Å². The first-order valence-electron chi connectivity index (χ1n) is 11.5. The molecule has 5 rings (SSSR count). The fourth-order valence-corrected chi connectivity index (χ4v) is 6.24. The van der Waals surface area contributed by atoms with E-state index in [4.69, 9.17) is 0 Å². The lowest BCUT2D eigenvalue weighted by molar-refractivity contribution is -0.152.